The number of amides is 1. The van der Waals surface area contributed by atoms with Gasteiger partial charge in [0.05, 0.1) is 86.6 Å². The molecule has 4 aliphatic carbocycles. The Balaban J connectivity index is 0.904. The second kappa shape index (κ2) is 28.2. The number of nitro groups is 1. The van der Waals surface area contributed by atoms with E-state index in [1.165, 1.54) is 19.9 Å². The number of Topliss-reactive ketones (excluding diaryl/α,β-unsaturated/α-hetero) is 1. The zero-order chi connectivity index (χ0) is 67.5. The summed E-state index contributed by atoms with van der Waals surface area (Å²) in [5.41, 5.74) is -4.91. The van der Waals surface area contributed by atoms with Crippen LogP contribution in [0.1, 0.15) is 147 Å². The second-order valence-electron chi connectivity index (χ2n) is 28.2. The summed E-state index contributed by atoms with van der Waals surface area (Å²) < 4.78 is 81.5. The van der Waals surface area contributed by atoms with Crippen molar-refractivity contribution in [3.05, 3.63) is 68.5 Å². The maximum absolute atomic E-state index is 15.6. The summed E-state index contributed by atoms with van der Waals surface area (Å²) in [5.74, 6) is -6.46. The zero-order valence-electron chi connectivity index (χ0n) is 55.4. The van der Waals surface area contributed by atoms with E-state index in [-0.39, 0.29) is 43.1 Å². The number of ketones is 1. The lowest BCUT2D eigenvalue weighted by molar-refractivity contribution is -0.584. The van der Waals surface area contributed by atoms with Crippen molar-refractivity contribution in [3.8, 4) is 0 Å². The van der Waals surface area contributed by atoms with Crippen LogP contribution >= 0.6 is 0 Å². The Morgan fingerprint density at radius 2 is 1.35 bits per heavy atom. The molecule has 93 heavy (non-hydrogen) atoms. The number of aliphatic hydroxyl groups is 4. The third kappa shape index (κ3) is 14.0. The summed E-state index contributed by atoms with van der Waals surface area (Å²) in [6.07, 6.45) is -4.21. The molecule has 0 aromatic carbocycles. The Morgan fingerprint density at radius 1 is 0.720 bits per heavy atom. The lowest BCUT2D eigenvalue weighted by Gasteiger charge is -2.56. The number of hydrogen-bond acceptors (Lipinski definition) is 24. The van der Waals surface area contributed by atoms with E-state index < -0.39 is 210 Å². The van der Waals surface area contributed by atoms with E-state index >= 15 is 4.79 Å². The van der Waals surface area contributed by atoms with E-state index in [0.29, 0.717) is 49.5 Å². The molecule has 25 unspecified atom stereocenters. The number of ether oxygens (including phenoxy) is 13. The molecule has 5 N–H and O–H groups in total. The molecule has 10 aliphatic rings. The molecule has 10 rings (SSSR count). The number of nitrogens with zero attached hydrogens (tertiary/aromatic N) is 1. The Labute approximate surface area is 542 Å². The number of rotatable bonds is 14. The Bertz CT molecular complexity index is 2960. The number of esters is 2. The summed E-state index contributed by atoms with van der Waals surface area (Å²) in [4.78, 5) is 80.4. The average Bonchev–Trinajstić information content (AvgIpc) is 1.68. The van der Waals surface area contributed by atoms with Crippen LogP contribution < -0.4 is 5.32 Å². The normalized spacial score (nSPS) is 47.4. The number of hydrogen-bond donors (Lipinski definition) is 5. The van der Waals surface area contributed by atoms with Crippen molar-refractivity contribution < 1.29 is 111 Å². The molecule has 26 nitrogen and oxygen atoms in total. The highest BCUT2D eigenvalue weighted by molar-refractivity contribution is 6.26. The maximum Gasteiger partial charge on any atom is 0.407 e. The van der Waals surface area contributed by atoms with Crippen LogP contribution in [0.5, 0.6) is 0 Å². The number of carbonyl (C=O) groups is 5. The molecule has 6 saturated heterocycles. The fourth-order valence-electron chi connectivity index (χ4n) is 16.9. The molecule has 1 spiro atoms. The van der Waals surface area contributed by atoms with Gasteiger partial charge in [0.2, 0.25) is 11.3 Å². The Morgan fingerprint density at radius 3 is 2.01 bits per heavy atom. The van der Waals surface area contributed by atoms with Gasteiger partial charge in [-0.3, -0.25) is 24.5 Å². The third-order valence-corrected chi connectivity index (χ3v) is 21.7. The zero-order valence-corrected chi connectivity index (χ0v) is 55.4. The SMILES string of the molecule is COC(=O)NC1C(C)OC(OC2C/C=C(\C)C3C=C[C@H]4C(OC5CC(OC6CCC(OC7CC(O)C(OC8CCC(O)C(C)O8)C(C)O7)C(C)O6)C(OC(C)=O)C(C)O5)C(C)CC(C)[C@@H]4[C@@]3(C)C(O)=C3C(=O)OC4(CC(C=O)=CC(O)[C@@H]4/C=C\2C)C3=O)CC1(C)[N+](=O)[O-]. The van der Waals surface area contributed by atoms with Crippen molar-refractivity contribution >= 4 is 30.1 Å². The molecule has 6 aliphatic heterocycles. The van der Waals surface area contributed by atoms with Gasteiger partial charge in [0.25, 0.3) is 0 Å². The predicted octanol–water partition coefficient (Wildman–Crippen LogP) is 6.36. The molecular formula is C67H96N2O24. The van der Waals surface area contributed by atoms with Crippen LogP contribution in [0.4, 0.5) is 4.79 Å². The smallest absolute Gasteiger partial charge is 0.407 e. The van der Waals surface area contributed by atoms with Gasteiger partial charge in [0.15, 0.2) is 43.2 Å². The Hall–Kier alpha value is -5.07. The Kier molecular flexibility index (Phi) is 21.4. The number of aliphatic hydroxyl groups excluding tert-OH is 4. The van der Waals surface area contributed by atoms with E-state index in [0.717, 1.165) is 7.11 Å². The van der Waals surface area contributed by atoms with Crippen molar-refractivity contribution in [2.24, 2.45) is 40.9 Å². The van der Waals surface area contributed by atoms with E-state index in [2.05, 4.69) is 25.2 Å². The second-order valence-corrected chi connectivity index (χ2v) is 28.2. The highest BCUT2D eigenvalue weighted by Crippen LogP contribution is 2.61. The molecule has 518 valence electrons. The standard InChI is InChI=1S/C67H96N2O24/c1-30-14-18-47(88-54-28-65(11,69(79)80)60(38(9)86-54)68-64(78)81-13)31(2)23-43-45(73)24-40(29-70)27-67(43)62(76)55(63(77)93-67)61(75)66(12)42(30)16-15-41-56(66)32(3)22-33(4)57(41)92-53-26-49(59(37(8)85-53)87-39(10)71)90-50-21-19-48(35(6)83-50)89-52-25-46(74)58(36(7)84-52)91-51-20-17-44(72)34(5)82-51/h14-16,23-24,29,32-38,41-54,56-60,72-75H,17-22,25-28H2,1-13H3,(H,68,78)/b30-14+,31-23-,61-55?/t32?,33?,34?,35?,36?,37?,38?,41-,42?,43+,44?,45?,46?,47?,48?,49?,50?,51?,52?,53?,54?,56+,57?,58?,59?,60?,65?,66+,67?/m1/s1. The van der Waals surface area contributed by atoms with Gasteiger partial charge in [-0.15, -0.1) is 0 Å². The maximum atomic E-state index is 15.6. The minimum atomic E-state index is -2.20. The van der Waals surface area contributed by atoms with Gasteiger partial charge in [-0.1, -0.05) is 50.6 Å². The van der Waals surface area contributed by atoms with Crippen LogP contribution in [0.3, 0.4) is 0 Å². The quantitative estimate of drug-likeness (QED) is 0.0240. The predicted molar refractivity (Wildman–Crippen MR) is 325 cm³/mol. The molecule has 1 saturated carbocycles. The molecule has 2 bridgehead atoms. The van der Waals surface area contributed by atoms with Crippen LogP contribution in [-0.4, -0.2) is 197 Å². The molecule has 6 heterocycles. The molecule has 0 aromatic rings. The largest absolute Gasteiger partial charge is 0.511 e. The van der Waals surface area contributed by atoms with Crippen LogP contribution in [0.15, 0.2) is 58.4 Å². The van der Waals surface area contributed by atoms with Gasteiger partial charge in [-0.25, -0.2) is 9.59 Å². The monoisotopic (exact) mass is 1310 g/mol. The third-order valence-electron chi connectivity index (χ3n) is 21.7. The van der Waals surface area contributed by atoms with Crippen molar-refractivity contribution in [3.63, 3.8) is 0 Å². The number of allylic oxidation sites excluding steroid dienone is 3. The number of fused-ring (bicyclic) bond motifs is 4. The summed E-state index contributed by atoms with van der Waals surface area (Å²) in [6, 6.07) is -1.12. The van der Waals surface area contributed by atoms with Crippen LogP contribution in [-0.2, 0) is 80.8 Å². The highest BCUT2D eigenvalue weighted by Gasteiger charge is 2.65. The highest BCUT2D eigenvalue weighted by atomic mass is 16.8. The van der Waals surface area contributed by atoms with Gasteiger partial charge in [-0.2, -0.15) is 0 Å². The number of methoxy groups -OCH3 is 1. The summed E-state index contributed by atoms with van der Waals surface area (Å²) >= 11 is 0. The number of aldehydes is 1. The molecule has 1 amide bonds. The van der Waals surface area contributed by atoms with Crippen molar-refractivity contribution in [2.45, 2.75) is 281 Å². The first-order valence-electron chi connectivity index (χ1n) is 33.1. The average molecular weight is 1310 g/mol. The minimum Gasteiger partial charge on any atom is -0.511 e. The van der Waals surface area contributed by atoms with E-state index in [1.807, 2.05) is 39.8 Å². The molecule has 26 heteroatoms. The van der Waals surface area contributed by atoms with E-state index in [1.54, 1.807) is 33.8 Å². The molecular weight excluding hydrogens is 1220 g/mol. The minimum absolute atomic E-state index is 0.00196. The lowest BCUT2D eigenvalue weighted by atomic mass is 9.49. The molecule has 0 aromatic heterocycles. The van der Waals surface area contributed by atoms with Gasteiger partial charge < -0.3 is 87.3 Å². The summed E-state index contributed by atoms with van der Waals surface area (Å²) in [7, 11) is 1.15. The van der Waals surface area contributed by atoms with Gasteiger partial charge in [-0.05, 0) is 109 Å². The molecule has 0 radical (unpaired) electrons. The number of carbonyl (C=O) groups excluding carboxylic acids is 5. The van der Waals surface area contributed by atoms with E-state index in [4.69, 9.17) is 61.6 Å². The molecule has 29 atom stereocenters. The first-order chi connectivity index (χ1) is 43.9. The fourth-order valence-corrected chi connectivity index (χ4v) is 16.9. The molecule has 7 fully saturated rings. The van der Waals surface area contributed by atoms with Crippen LogP contribution in [0.2, 0.25) is 0 Å². The van der Waals surface area contributed by atoms with Crippen LogP contribution in [0, 0.1) is 51.0 Å². The van der Waals surface area contributed by atoms with Gasteiger partial charge in [0.1, 0.15) is 35.9 Å². The first-order valence-corrected chi connectivity index (χ1v) is 33.1. The van der Waals surface area contributed by atoms with Crippen molar-refractivity contribution in [1.82, 2.24) is 5.32 Å². The lowest BCUT2D eigenvalue weighted by Crippen LogP contribution is -2.65. The van der Waals surface area contributed by atoms with Crippen molar-refractivity contribution in [1.29, 1.82) is 0 Å². The topological polar surface area (TPSA) is 341 Å². The van der Waals surface area contributed by atoms with Crippen LogP contribution in [0.25, 0.3) is 0 Å². The summed E-state index contributed by atoms with van der Waals surface area (Å²) in [5, 5.41) is 62.0. The fraction of sp³-hybridized carbons (Fsp3) is 0.776. The summed E-state index contributed by atoms with van der Waals surface area (Å²) in [6.45, 7) is 21.0. The first kappa shape index (κ1) is 70.7. The number of alkyl carbamates (subject to hydrolysis) is 1. The van der Waals surface area contributed by atoms with Crippen molar-refractivity contribution in [2.75, 3.05) is 7.11 Å². The van der Waals surface area contributed by atoms with E-state index in [9.17, 15) is 49.7 Å². The van der Waals surface area contributed by atoms with Gasteiger partial charge >= 0.3 is 18.0 Å². The van der Waals surface area contributed by atoms with Gasteiger partial charge in [0, 0.05) is 68.1 Å². The number of nitrogens with one attached hydrogen (secondary N) is 1.